The number of benzene rings is 1. The first-order chi connectivity index (χ1) is 8.77. The number of carbonyl (C=O) groups is 1. The molecule has 1 rings (SSSR count). The summed E-state index contributed by atoms with van der Waals surface area (Å²) in [4.78, 5) is 11.7. The van der Waals surface area contributed by atoms with Gasteiger partial charge in [-0.15, -0.1) is 0 Å². The summed E-state index contributed by atoms with van der Waals surface area (Å²) in [5.41, 5.74) is 0.986. The Kier molecular flexibility index (Phi) is 7.40. The molecular weight excluding hydrogens is 302 g/mol. The third kappa shape index (κ3) is 5.48. The Balaban J connectivity index is 2.32. The highest BCUT2D eigenvalue weighted by molar-refractivity contribution is 9.09. The van der Waals surface area contributed by atoms with E-state index in [1.807, 2.05) is 0 Å². The van der Waals surface area contributed by atoms with Crippen molar-refractivity contribution >= 4 is 21.8 Å². The Bertz CT molecular complexity index is 356. The SMILES string of the molecule is O=C(NCCOCCO)c1ccc(OCBr)cc1. The van der Waals surface area contributed by atoms with Crippen molar-refractivity contribution in [2.75, 3.05) is 31.9 Å². The van der Waals surface area contributed by atoms with Crippen LogP contribution in [0.3, 0.4) is 0 Å². The zero-order chi connectivity index (χ0) is 13.2. The van der Waals surface area contributed by atoms with E-state index >= 15 is 0 Å². The van der Waals surface area contributed by atoms with E-state index in [1.54, 1.807) is 24.3 Å². The summed E-state index contributed by atoms with van der Waals surface area (Å²) >= 11 is 3.16. The summed E-state index contributed by atoms with van der Waals surface area (Å²) in [6.07, 6.45) is 0. The van der Waals surface area contributed by atoms with Crippen LogP contribution in [0.4, 0.5) is 0 Å². The average molecular weight is 318 g/mol. The van der Waals surface area contributed by atoms with Gasteiger partial charge in [-0.3, -0.25) is 4.79 Å². The first-order valence-corrected chi connectivity index (χ1v) is 6.65. The number of aliphatic hydroxyl groups is 1. The fraction of sp³-hybridized carbons (Fsp3) is 0.417. The van der Waals surface area contributed by atoms with Crippen molar-refractivity contribution in [2.45, 2.75) is 0 Å². The van der Waals surface area contributed by atoms with Crippen LogP contribution in [0.1, 0.15) is 10.4 Å². The maximum atomic E-state index is 11.7. The van der Waals surface area contributed by atoms with Crippen molar-refractivity contribution in [2.24, 2.45) is 0 Å². The van der Waals surface area contributed by atoms with Gasteiger partial charge in [-0.25, -0.2) is 0 Å². The van der Waals surface area contributed by atoms with Crippen LogP contribution in [-0.2, 0) is 4.74 Å². The van der Waals surface area contributed by atoms with Crippen molar-refractivity contribution in [1.82, 2.24) is 5.32 Å². The molecule has 0 atom stereocenters. The number of ether oxygens (including phenoxy) is 2. The lowest BCUT2D eigenvalue weighted by atomic mass is 10.2. The number of carbonyl (C=O) groups excluding carboxylic acids is 1. The Hall–Kier alpha value is -1.11. The number of hydrogen-bond donors (Lipinski definition) is 2. The third-order valence-electron chi connectivity index (χ3n) is 2.11. The lowest BCUT2D eigenvalue weighted by molar-refractivity contribution is 0.0838. The summed E-state index contributed by atoms with van der Waals surface area (Å²) in [5, 5.41) is 11.2. The standard InChI is InChI=1S/C12H16BrNO4/c13-9-18-11-3-1-10(2-4-11)12(16)14-5-7-17-8-6-15/h1-4,15H,5-9H2,(H,14,16). The van der Waals surface area contributed by atoms with Gasteiger partial charge in [-0.1, -0.05) is 0 Å². The molecule has 0 unspecified atom stereocenters. The quantitative estimate of drug-likeness (QED) is 0.557. The number of nitrogens with one attached hydrogen (secondary N) is 1. The van der Waals surface area contributed by atoms with Crippen molar-refractivity contribution < 1.29 is 19.4 Å². The first-order valence-electron chi connectivity index (χ1n) is 5.53. The van der Waals surface area contributed by atoms with E-state index in [0.29, 0.717) is 30.0 Å². The van der Waals surface area contributed by atoms with Crippen molar-refractivity contribution in [3.63, 3.8) is 0 Å². The molecule has 0 fully saturated rings. The second-order valence-corrected chi connectivity index (χ2v) is 3.83. The van der Waals surface area contributed by atoms with Gasteiger partial charge in [0.05, 0.1) is 19.8 Å². The highest BCUT2D eigenvalue weighted by Crippen LogP contribution is 2.12. The summed E-state index contributed by atoms with van der Waals surface area (Å²) in [5.74, 6) is 0.544. The second-order valence-electron chi connectivity index (χ2n) is 3.37. The molecule has 0 spiro atoms. The zero-order valence-corrected chi connectivity index (χ0v) is 11.5. The number of amides is 1. The normalized spacial score (nSPS) is 10.1. The van der Waals surface area contributed by atoms with Crippen molar-refractivity contribution in [1.29, 1.82) is 0 Å². The molecule has 6 heteroatoms. The molecule has 1 aromatic rings. The van der Waals surface area contributed by atoms with E-state index in [2.05, 4.69) is 21.2 Å². The number of aliphatic hydroxyl groups excluding tert-OH is 1. The maximum absolute atomic E-state index is 11.7. The Labute approximate surface area is 114 Å². The fourth-order valence-corrected chi connectivity index (χ4v) is 1.54. The highest BCUT2D eigenvalue weighted by Gasteiger charge is 2.04. The molecule has 0 aliphatic rings. The Morgan fingerprint density at radius 3 is 2.61 bits per heavy atom. The Morgan fingerprint density at radius 2 is 2.00 bits per heavy atom. The molecule has 0 aliphatic heterocycles. The molecule has 0 aromatic heterocycles. The molecule has 2 N–H and O–H groups in total. The second kappa shape index (κ2) is 8.91. The number of rotatable bonds is 8. The fourth-order valence-electron chi connectivity index (χ4n) is 1.27. The number of hydrogen-bond acceptors (Lipinski definition) is 4. The van der Waals surface area contributed by atoms with Gasteiger partial charge in [-0.2, -0.15) is 0 Å². The van der Waals surface area contributed by atoms with E-state index in [0.717, 1.165) is 0 Å². The van der Waals surface area contributed by atoms with Gasteiger partial charge in [0, 0.05) is 12.1 Å². The van der Waals surface area contributed by atoms with E-state index in [1.165, 1.54) is 0 Å². The van der Waals surface area contributed by atoms with Gasteiger partial charge in [0.25, 0.3) is 5.91 Å². The third-order valence-corrected chi connectivity index (χ3v) is 2.33. The molecule has 0 radical (unpaired) electrons. The predicted molar refractivity (Wildman–Crippen MR) is 71.1 cm³/mol. The maximum Gasteiger partial charge on any atom is 0.251 e. The van der Waals surface area contributed by atoms with Crippen LogP contribution in [0.5, 0.6) is 5.75 Å². The van der Waals surface area contributed by atoms with Crippen LogP contribution in [0, 0.1) is 0 Å². The molecular formula is C12H16BrNO4. The first kappa shape index (κ1) is 14.9. The molecule has 0 heterocycles. The Morgan fingerprint density at radius 1 is 1.28 bits per heavy atom. The predicted octanol–water partition coefficient (Wildman–Crippen LogP) is 1.16. The minimum absolute atomic E-state index is 0.0109. The zero-order valence-electron chi connectivity index (χ0n) is 9.89. The molecule has 1 aromatic carbocycles. The van der Waals surface area contributed by atoms with Crippen LogP contribution in [0.15, 0.2) is 24.3 Å². The summed E-state index contributed by atoms with van der Waals surface area (Å²) < 4.78 is 10.2. The summed E-state index contributed by atoms with van der Waals surface area (Å²) in [6.45, 7) is 1.08. The van der Waals surface area contributed by atoms with E-state index in [-0.39, 0.29) is 19.1 Å². The minimum atomic E-state index is -0.159. The van der Waals surface area contributed by atoms with Crippen LogP contribution in [0.25, 0.3) is 0 Å². The lowest BCUT2D eigenvalue weighted by Crippen LogP contribution is -2.27. The molecule has 5 nitrogen and oxygen atoms in total. The van der Waals surface area contributed by atoms with Crippen molar-refractivity contribution in [3.05, 3.63) is 29.8 Å². The van der Waals surface area contributed by atoms with Crippen LogP contribution >= 0.6 is 15.9 Å². The van der Waals surface area contributed by atoms with E-state index in [9.17, 15) is 4.79 Å². The van der Waals surface area contributed by atoms with E-state index < -0.39 is 0 Å². The largest absolute Gasteiger partial charge is 0.482 e. The van der Waals surface area contributed by atoms with Crippen LogP contribution < -0.4 is 10.1 Å². The van der Waals surface area contributed by atoms with Crippen molar-refractivity contribution in [3.8, 4) is 5.75 Å². The van der Waals surface area contributed by atoms with E-state index in [4.69, 9.17) is 14.6 Å². The molecule has 1 amide bonds. The molecule has 0 saturated carbocycles. The van der Waals surface area contributed by atoms with Gasteiger partial charge in [0.2, 0.25) is 0 Å². The average Bonchev–Trinajstić information content (AvgIpc) is 2.39. The van der Waals surface area contributed by atoms with Gasteiger partial charge in [0.1, 0.15) is 11.3 Å². The van der Waals surface area contributed by atoms with Crippen LogP contribution in [0.2, 0.25) is 0 Å². The molecule has 18 heavy (non-hydrogen) atoms. The molecule has 0 saturated heterocycles. The number of alkyl halides is 1. The van der Waals surface area contributed by atoms with Gasteiger partial charge >= 0.3 is 0 Å². The van der Waals surface area contributed by atoms with Crippen LogP contribution in [-0.4, -0.2) is 42.9 Å². The topological polar surface area (TPSA) is 67.8 Å². The lowest BCUT2D eigenvalue weighted by Gasteiger charge is -2.06. The highest BCUT2D eigenvalue weighted by atomic mass is 79.9. The molecule has 100 valence electrons. The van der Waals surface area contributed by atoms with Gasteiger partial charge in [0.15, 0.2) is 0 Å². The van der Waals surface area contributed by atoms with Gasteiger partial charge < -0.3 is 19.9 Å². The minimum Gasteiger partial charge on any atom is -0.482 e. The smallest absolute Gasteiger partial charge is 0.251 e. The monoisotopic (exact) mass is 317 g/mol. The van der Waals surface area contributed by atoms with Gasteiger partial charge in [-0.05, 0) is 40.2 Å². The number of halogens is 1. The summed E-state index contributed by atoms with van der Waals surface area (Å²) in [7, 11) is 0. The molecule has 0 aliphatic carbocycles. The molecule has 0 bridgehead atoms. The summed E-state index contributed by atoms with van der Waals surface area (Å²) in [6, 6.07) is 6.86.